The van der Waals surface area contributed by atoms with Gasteiger partial charge in [0.15, 0.2) is 0 Å². The van der Waals surface area contributed by atoms with Gasteiger partial charge in [-0.15, -0.1) is 0 Å². The van der Waals surface area contributed by atoms with E-state index in [1.54, 1.807) is 0 Å². The van der Waals surface area contributed by atoms with Gasteiger partial charge in [0.2, 0.25) is 0 Å². The van der Waals surface area contributed by atoms with Gasteiger partial charge in [-0.25, -0.2) is 0 Å². The molecule has 0 N–H and O–H groups in total. The fraction of sp³-hybridized carbons (Fsp3) is 0.208. The van der Waals surface area contributed by atoms with Crippen LogP contribution in [0.3, 0.4) is 0 Å². The molecular formula is C101H94N4. The lowest BCUT2D eigenvalue weighted by Crippen LogP contribution is -2.24. The maximum absolute atomic E-state index is 2.61. The van der Waals surface area contributed by atoms with Gasteiger partial charge in [0.25, 0.3) is 0 Å². The molecule has 0 amide bonds. The van der Waals surface area contributed by atoms with Crippen molar-refractivity contribution in [2.45, 2.75) is 139 Å². The van der Waals surface area contributed by atoms with Crippen LogP contribution in [0.25, 0.3) is 64.6 Å². The quantitative estimate of drug-likeness (QED) is 0.107. The highest BCUT2D eigenvalue weighted by Gasteiger charge is 2.37. The maximum atomic E-state index is 2.61. The van der Waals surface area contributed by atoms with Crippen molar-refractivity contribution in [2.75, 3.05) is 19.6 Å². The monoisotopic (exact) mass is 1360 g/mol. The highest BCUT2D eigenvalue weighted by molar-refractivity contribution is 6.32. The molecule has 0 radical (unpaired) electrons. The summed E-state index contributed by atoms with van der Waals surface area (Å²) < 4.78 is 0. The summed E-state index contributed by atoms with van der Waals surface area (Å²) in [6.45, 7) is 32.4. The van der Waals surface area contributed by atoms with E-state index in [4.69, 9.17) is 0 Å². The normalized spacial score (nSPS) is 13.7. The Labute approximate surface area is 621 Å². The number of benzene rings is 16. The summed E-state index contributed by atoms with van der Waals surface area (Å²) in [5, 5.41) is 16.3. The van der Waals surface area contributed by atoms with Crippen molar-refractivity contribution < 1.29 is 0 Å². The van der Waals surface area contributed by atoms with Crippen LogP contribution >= 0.6 is 0 Å². The van der Waals surface area contributed by atoms with Gasteiger partial charge < -0.3 is 19.6 Å². The highest BCUT2D eigenvalue weighted by Crippen LogP contribution is 2.57. The van der Waals surface area contributed by atoms with Crippen molar-refractivity contribution in [1.82, 2.24) is 0 Å². The average molecular weight is 1360 g/mol. The van der Waals surface area contributed by atoms with Gasteiger partial charge in [0.1, 0.15) is 0 Å². The number of aryl methyl sites for hydroxylation is 10. The Morgan fingerprint density at radius 2 is 0.590 bits per heavy atom. The van der Waals surface area contributed by atoms with E-state index < -0.39 is 0 Å². The summed E-state index contributed by atoms with van der Waals surface area (Å²) in [5.41, 5.74) is 32.1. The highest BCUT2D eigenvalue weighted by atomic mass is 15.2. The molecule has 0 heterocycles. The van der Waals surface area contributed by atoms with E-state index in [1.165, 1.54) is 182 Å². The molecule has 4 nitrogen and oxygen atoms in total. The van der Waals surface area contributed by atoms with E-state index in [1.807, 2.05) is 0 Å². The first kappa shape index (κ1) is 67.0. The largest absolute Gasteiger partial charge is 0.310 e. The Kier molecular flexibility index (Phi) is 16.5. The molecule has 0 saturated carbocycles. The van der Waals surface area contributed by atoms with Crippen LogP contribution in [-0.4, -0.2) is 0 Å². The molecule has 0 saturated heterocycles. The fourth-order valence-corrected chi connectivity index (χ4v) is 18.2. The second kappa shape index (κ2) is 25.9. The molecule has 105 heavy (non-hydrogen) atoms. The third-order valence-corrected chi connectivity index (χ3v) is 23.5. The van der Waals surface area contributed by atoms with Crippen LogP contribution in [0.5, 0.6) is 0 Å². The lowest BCUT2D eigenvalue weighted by atomic mass is 9.70. The number of para-hydroxylation sites is 4. The van der Waals surface area contributed by atoms with Crippen molar-refractivity contribution in [3.63, 3.8) is 0 Å². The number of hydrogen-bond acceptors (Lipinski definition) is 4. The number of nitrogens with zero attached hydrogens (tertiary/aromatic N) is 4. The van der Waals surface area contributed by atoms with Crippen LogP contribution in [-0.2, 0) is 23.7 Å². The molecule has 0 unspecified atom stereocenters. The Morgan fingerprint density at radius 1 is 0.267 bits per heavy atom. The van der Waals surface area contributed by atoms with Crippen molar-refractivity contribution in [1.29, 1.82) is 0 Å². The van der Waals surface area contributed by atoms with E-state index in [0.29, 0.717) is 5.92 Å². The first-order valence-corrected chi connectivity index (χ1v) is 38.0. The summed E-state index contributed by atoms with van der Waals surface area (Å²) in [5.74, 6) is 0.327. The van der Waals surface area contributed by atoms with Crippen molar-refractivity contribution in [3.05, 3.63) is 333 Å². The second-order valence-corrected chi connectivity index (χ2v) is 32.1. The lowest BCUT2D eigenvalue weighted by Gasteiger charge is -2.37. The molecule has 518 valence electrons. The molecule has 2 aliphatic carbocycles. The average Bonchev–Trinajstić information content (AvgIpc) is 0.690. The third-order valence-electron chi connectivity index (χ3n) is 23.5. The molecule has 0 atom stereocenters. The third kappa shape index (κ3) is 11.3. The molecule has 4 heteroatoms. The van der Waals surface area contributed by atoms with Crippen LogP contribution in [0.2, 0.25) is 0 Å². The predicted octanol–water partition coefficient (Wildman–Crippen LogP) is 29.1. The van der Waals surface area contributed by atoms with Gasteiger partial charge >= 0.3 is 0 Å². The first-order valence-electron chi connectivity index (χ1n) is 38.0. The van der Waals surface area contributed by atoms with Crippen molar-refractivity contribution in [3.8, 4) is 0 Å². The minimum absolute atomic E-state index is 0.0143. The molecule has 0 aliphatic heterocycles. The van der Waals surface area contributed by atoms with Gasteiger partial charge in [0, 0.05) is 77.8 Å². The van der Waals surface area contributed by atoms with E-state index in [0.717, 1.165) is 48.4 Å². The summed E-state index contributed by atoms with van der Waals surface area (Å²) >= 11 is 0. The van der Waals surface area contributed by atoms with Crippen LogP contribution in [0, 0.1) is 55.4 Å². The number of anilines is 12. The second-order valence-electron chi connectivity index (χ2n) is 32.1. The zero-order chi connectivity index (χ0) is 72.5. The Bertz CT molecular complexity index is 5860. The summed E-state index contributed by atoms with van der Waals surface area (Å²) in [7, 11) is 0. The fourth-order valence-electron chi connectivity index (χ4n) is 18.2. The summed E-state index contributed by atoms with van der Waals surface area (Å²) in [4.78, 5) is 10.0. The van der Waals surface area contributed by atoms with Crippen molar-refractivity contribution in [2.24, 2.45) is 0 Å². The van der Waals surface area contributed by atoms with Crippen LogP contribution in [0.4, 0.5) is 68.2 Å². The summed E-state index contributed by atoms with van der Waals surface area (Å²) in [6.07, 6.45) is 4.33. The standard InChI is InChI=1S/C56H58N2.C45H36N2/c1-32(2)44-31-52(58(49-21-15-35(5)27-39(49)9)50-22-16-36(6)28-40(50)10)45-30-46-53-41(23-24-56(46,11)12)29-51(43-18-17-42(44)54(45)55(43)53)57(47-19-13-33(3)25-37(47)7)48-20-14-34(4)26-38(48)8;1-45(2)28-27-32-29-41(47(35-19-11-5-12-20-35)36-21-13-6-14-22-36)37-25-23-31-24-26-40(38-30-39(45)43(32)44(37)42(31)38)46(33-15-7-3-8-16-33)34-17-9-4-10-18-34/h13-22,25-32H,23-24H2,1-12H3;3-26,29-30H,27-28H2,1-2H3. The van der Waals surface area contributed by atoms with Crippen molar-refractivity contribution >= 4 is 133 Å². The Balaban J connectivity index is 0.000000158. The molecule has 0 bridgehead atoms. The molecule has 16 aromatic rings. The molecule has 2 aliphatic rings. The van der Waals surface area contributed by atoms with Gasteiger partial charge in [-0.2, -0.15) is 0 Å². The van der Waals surface area contributed by atoms with Gasteiger partial charge in [-0.1, -0.05) is 215 Å². The Morgan fingerprint density at radius 3 is 0.981 bits per heavy atom. The molecule has 16 aromatic carbocycles. The summed E-state index contributed by atoms with van der Waals surface area (Å²) in [6, 6.07) is 98.0. The number of rotatable bonds is 13. The van der Waals surface area contributed by atoms with Gasteiger partial charge in [0.05, 0.1) is 22.7 Å². The molecule has 0 aromatic heterocycles. The topological polar surface area (TPSA) is 13.0 Å². The van der Waals surface area contributed by atoms with E-state index in [2.05, 4.69) is 377 Å². The molecule has 0 spiro atoms. The van der Waals surface area contributed by atoms with Crippen LogP contribution in [0.1, 0.15) is 133 Å². The van der Waals surface area contributed by atoms with Gasteiger partial charge in [-0.3, -0.25) is 0 Å². The molecule has 0 fully saturated rings. The maximum Gasteiger partial charge on any atom is 0.0543 e. The van der Waals surface area contributed by atoms with Gasteiger partial charge in [-0.05, 0) is 289 Å². The van der Waals surface area contributed by atoms with E-state index in [-0.39, 0.29) is 10.8 Å². The van der Waals surface area contributed by atoms with Crippen LogP contribution < -0.4 is 19.6 Å². The number of hydrogen-bond donors (Lipinski definition) is 0. The minimum atomic E-state index is 0.0143. The minimum Gasteiger partial charge on any atom is -0.310 e. The predicted molar refractivity (Wildman–Crippen MR) is 454 cm³/mol. The zero-order valence-corrected chi connectivity index (χ0v) is 63.5. The first-order chi connectivity index (χ1) is 50.7. The lowest BCUT2D eigenvalue weighted by molar-refractivity contribution is 0.475. The SMILES string of the molecule is CC1(C)CCc2cc(N(c3ccccc3)c3ccccc3)c3ccc4ccc(N(c5ccccc5)c5ccccc5)c5cc1c2c3c45.Cc1ccc(N(c2ccc(C)cc2C)c2cc(C(C)C)c3ccc4c(N(c5ccc(C)cc5C)c5ccc(C)cc5C)cc5c6c(cc2c3c46)C(C)(C)CC5)c(C)c1. The smallest absolute Gasteiger partial charge is 0.0543 e. The van der Waals surface area contributed by atoms with Crippen LogP contribution in [0.15, 0.2) is 261 Å². The van der Waals surface area contributed by atoms with E-state index >= 15 is 0 Å². The Hall–Kier alpha value is -11.2. The molecule has 18 rings (SSSR count). The zero-order valence-electron chi connectivity index (χ0n) is 63.5. The van der Waals surface area contributed by atoms with E-state index in [9.17, 15) is 0 Å². The molecular weight excluding hydrogens is 1270 g/mol.